The minimum atomic E-state index is 0.891. The third-order valence-corrected chi connectivity index (χ3v) is 1.40. The van der Waals surface area contributed by atoms with E-state index in [-0.39, 0.29) is 0 Å². The molecule has 0 fully saturated rings. The lowest BCUT2D eigenvalue weighted by Crippen LogP contribution is -2.12. The van der Waals surface area contributed by atoms with Crippen molar-refractivity contribution in [3.05, 3.63) is 36.7 Å². The van der Waals surface area contributed by atoms with Crippen molar-refractivity contribution in [1.82, 2.24) is 5.32 Å². The van der Waals surface area contributed by atoms with Crippen LogP contribution in [0.15, 0.2) is 41.7 Å². The van der Waals surface area contributed by atoms with E-state index in [1.54, 1.807) is 6.20 Å². The Labute approximate surface area is 67.0 Å². The van der Waals surface area contributed by atoms with Gasteiger partial charge in [-0.1, -0.05) is 19.6 Å². The molecule has 0 atom stereocenters. The number of hydrogen-bond donors (Lipinski definition) is 1. The monoisotopic (exact) mass is 148 g/mol. The third kappa shape index (κ3) is 1.80. The molecule has 0 spiro atoms. The van der Waals surface area contributed by atoms with Crippen LogP contribution in [-0.2, 0) is 0 Å². The molecule has 0 saturated heterocycles. The minimum absolute atomic E-state index is 0.891. The van der Waals surface area contributed by atoms with Crippen molar-refractivity contribution in [3.8, 4) is 0 Å². The second-order valence-corrected chi connectivity index (χ2v) is 2.21. The fraction of sp³-hybridized carbons (Fsp3) is 0.222. The zero-order valence-electron chi connectivity index (χ0n) is 6.67. The zero-order valence-corrected chi connectivity index (χ0v) is 6.67. The van der Waals surface area contributed by atoms with E-state index in [0.29, 0.717) is 0 Å². The first kappa shape index (κ1) is 7.79. The van der Waals surface area contributed by atoms with Crippen molar-refractivity contribution in [2.75, 3.05) is 0 Å². The average molecular weight is 148 g/mol. The molecule has 2 nitrogen and oxygen atoms in total. The molecule has 58 valence electrons. The molecular formula is C9H12N2. The molecule has 1 heterocycles. The van der Waals surface area contributed by atoms with Gasteiger partial charge in [-0.15, -0.1) is 0 Å². The molecule has 2 heteroatoms. The number of amidine groups is 1. The Kier molecular flexibility index (Phi) is 2.66. The maximum absolute atomic E-state index is 4.06. The fourth-order valence-electron chi connectivity index (χ4n) is 0.960. The molecule has 0 aromatic carbocycles. The molecule has 1 aliphatic rings. The first-order valence-electron chi connectivity index (χ1n) is 3.70. The Bertz CT molecular complexity index is 234. The van der Waals surface area contributed by atoms with Gasteiger partial charge in [0.05, 0.1) is 0 Å². The highest BCUT2D eigenvalue weighted by atomic mass is 15.0. The standard InChI is InChI=1S/C9H12N2/c1-3-5-8-6-7-11-9(8)10-4-2/h4-7H,2-3H2,1H3,(H,10,11)/b8-5-. The summed E-state index contributed by atoms with van der Waals surface area (Å²) in [5.74, 6) is 0.891. The van der Waals surface area contributed by atoms with E-state index in [1.807, 2.05) is 12.3 Å². The third-order valence-electron chi connectivity index (χ3n) is 1.40. The van der Waals surface area contributed by atoms with Gasteiger partial charge in [0.2, 0.25) is 0 Å². The highest BCUT2D eigenvalue weighted by Crippen LogP contribution is 2.06. The van der Waals surface area contributed by atoms with Crippen LogP contribution in [0.4, 0.5) is 0 Å². The topological polar surface area (TPSA) is 24.4 Å². The first-order chi connectivity index (χ1) is 5.38. The van der Waals surface area contributed by atoms with Gasteiger partial charge in [-0.3, -0.25) is 0 Å². The molecule has 0 saturated carbocycles. The quantitative estimate of drug-likeness (QED) is 0.636. The van der Waals surface area contributed by atoms with Crippen molar-refractivity contribution < 1.29 is 0 Å². The molecule has 0 aromatic heterocycles. The maximum atomic E-state index is 4.06. The van der Waals surface area contributed by atoms with Gasteiger partial charge in [0, 0.05) is 18.0 Å². The van der Waals surface area contributed by atoms with Crippen molar-refractivity contribution in [2.45, 2.75) is 13.3 Å². The van der Waals surface area contributed by atoms with Crippen LogP contribution >= 0.6 is 0 Å². The van der Waals surface area contributed by atoms with Crippen LogP contribution in [0, 0.1) is 0 Å². The van der Waals surface area contributed by atoms with Gasteiger partial charge in [0.1, 0.15) is 5.84 Å². The van der Waals surface area contributed by atoms with E-state index >= 15 is 0 Å². The largest absolute Gasteiger partial charge is 0.346 e. The van der Waals surface area contributed by atoms with Gasteiger partial charge in [-0.2, -0.15) is 0 Å². The summed E-state index contributed by atoms with van der Waals surface area (Å²) in [6, 6.07) is 0. The number of nitrogens with zero attached hydrogens (tertiary/aromatic N) is 1. The summed E-state index contributed by atoms with van der Waals surface area (Å²) in [4.78, 5) is 4.06. The molecule has 11 heavy (non-hydrogen) atoms. The van der Waals surface area contributed by atoms with E-state index in [2.05, 4.69) is 29.9 Å². The van der Waals surface area contributed by atoms with Crippen LogP contribution in [0.2, 0.25) is 0 Å². The number of aliphatic imine (C=N–C) groups is 1. The SMILES string of the molecule is C=C/N=C1/NC=C/C1=C/CC. The lowest BCUT2D eigenvalue weighted by Gasteiger charge is -1.96. The Morgan fingerprint density at radius 1 is 1.73 bits per heavy atom. The minimum Gasteiger partial charge on any atom is -0.346 e. The molecule has 1 aliphatic heterocycles. The molecule has 1 rings (SSSR count). The summed E-state index contributed by atoms with van der Waals surface area (Å²) in [5, 5.41) is 3.02. The van der Waals surface area contributed by atoms with Crippen LogP contribution in [0.25, 0.3) is 0 Å². The van der Waals surface area contributed by atoms with Crippen molar-refractivity contribution in [3.63, 3.8) is 0 Å². The van der Waals surface area contributed by atoms with Gasteiger partial charge in [0.15, 0.2) is 0 Å². The molecule has 0 aromatic rings. The molecule has 0 radical (unpaired) electrons. The summed E-state index contributed by atoms with van der Waals surface area (Å²) in [6.07, 6.45) is 8.57. The smallest absolute Gasteiger partial charge is 0.136 e. The van der Waals surface area contributed by atoms with Gasteiger partial charge < -0.3 is 5.32 Å². The van der Waals surface area contributed by atoms with Crippen molar-refractivity contribution in [2.24, 2.45) is 4.99 Å². The number of hydrogen-bond acceptors (Lipinski definition) is 1. The van der Waals surface area contributed by atoms with Crippen LogP contribution < -0.4 is 5.32 Å². The second kappa shape index (κ2) is 3.76. The predicted molar refractivity (Wildman–Crippen MR) is 48.3 cm³/mol. The van der Waals surface area contributed by atoms with E-state index < -0.39 is 0 Å². The van der Waals surface area contributed by atoms with E-state index in [1.165, 1.54) is 0 Å². The van der Waals surface area contributed by atoms with Crippen molar-refractivity contribution >= 4 is 5.84 Å². The second-order valence-electron chi connectivity index (χ2n) is 2.21. The van der Waals surface area contributed by atoms with Crippen LogP contribution in [0.1, 0.15) is 13.3 Å². The first-order valence-corrected chi connectivity index (χ1v) is 3.70. The summed E-state index contributed by atoms with van der Waals surface area (Å²) < 4.78 is 0. The summed E-state index contributed by atoms with van der Waals surface area (Å²) >= 11 is 0. The van der Waals surface area contributed by atoms with E-state index in [0.717, 1.165) is 17.8 Å². The van der Waals surface area contributed by atoms with E-state index in [4.69, 9.17) is 0 Å². The lowest BCUT2D eigenvalue weighted by atomic mass is 10.2. The fourth-order valence-corrected chi connectivity index (χ4v) is 0.960. The number of allylic oxidation sites excluding steroid dienone is 1. The molecule has 0 bridgehead atoms. The highest BCUT2D eigenvalue weighted by molar-refractivity contribution is 6.04. The molecule has 1 N–H and O–H groups in total. The number of rotatable bonds is 2. The summed E-state index contributed by atoms with van der Waals surface area (Å²) in [7, 11) is 0. The lowest BCUT2D eigenvalue weighted by molar-refractivity contribution is 1.21. The average Bonchev–Trinajstić information content (AvgIpc) is 2.39. The zero-order chi connectivity index (χ0) is 8.10. The van der Waals surface area contributed by atoms with Gasteiger partial charge >= 0.3 is 0 Å². The molecular weight excluding hydrogens is 136 g/mol. The predicted octanol–water partition coefficient (Wildman–Crippen LogP) is 1.98. The highest BCUT2D eigenvalue weighted by Gasteiger charge is 2.05. The summed E-state index contributed by atoms with van der Waals surface area (Å²) in [5.41, 5.74) is 1.15. The molecule has 0 unspecified atom stereocenters. The van der Waals surface area contributed by atoms with Gasteiger partial charge in [0.25, 0.3) is 0 Å². The normalized spacial score (nSPS) is 22.6. The molecule has 0 amide bonds. The van der Waals surface area contributed by atoms with Crippen molar-refractivity contribution in [1.29, 1.82) is 0 Å². The van der Waals surface area contributed by atoms with Crippen LogP contribution in [-0.4, -0.2) is 5.84 Å². The van der Waals surface area contributed by atoms with E-state index in [9.17, 15) is 0 Å². The maximum Gasteiger partial charge on any atom is 0.136 e. The number of nitrogens with one attached hydrogen (secondary N) is 1. The Morgan fingerprint density at radius 3 is 3.18 bits per heavy atom. The van der Waals surface area contributed by atoms with Gasteiger partial charge in [-0.25, -0.2) is 4.99 Å². The van der Waals surface area contributed by atoms with Crippen LogP contribution in [0.5, 0.6) is 0 Å². The van der Waals surface area contributed by atoms with Crippen LogP contribution in [0.3, 0.4) is 0 Å². The molecule has 0 aliphatic carbocycles. The summed E-state index contributed by atoms with van der Waals surface area (Å²) in [6.45, 7) is 5.64. The van der Waals surface area contributed by atoms with Gasteiger partial charge in [-0.05, 0) is 12.5 Å². The Hall–Kier alpha value is -1.31. The Balaban J connectivity index is 2.79. The Morgan fingerprint density at radius 2 is 2.55 bits per heavy atom.